The molecule has 6 heteroatoms. The number of carbonyl (C=O) groups excluding carboxylic acids is 1. The average Bonchev–Trinajstić information content (AvgIpc) is 2.51. The van der Waals surface area contributed by atoms with Crippen LogP contribution in [0.15, 0.2) is 30.3 Å². The minimum atomic E-state index is -1.08. The molecule has 0 aliphatic rings. The summed E-state index contributed by atoms with van der Waals surface area (Å²) >= 11 is 0. The lowest BCUT2D eigenvalue weighted by atomic mass is 10.1. The number of hydrogen-bond donors (Lipinski definition) is 2. The molecule has 118 valence electrons. The molecule has 22 heavy (non-hydrogen) atoms. The van der Waals surface area contributed by atoms with E-state index in [1.807, 2.05) is 36.4 Å². The van der Waals surface area contributed by atoms with E-state index in [-0.39, 0.29) is 6.61 Å². The van der Waals surface area contributed by atoms with Crippen molar-refractivity contribution in [3.05, 3.63) is 35.9 Å². The number of carboxylic acids is 1. The van der Waals surface area contributed by atoms with Crippen LogP contribution in [0, 0.1) is 11.3 Å². The van der Waals surface area contributed by atoms with Crippen LogP contribution in [0.3, 0.4) is 0 Å². The average molecular weight is 304 g/mol. The third-order valence-corrected chi connectivity index (χ3v) is 3.01. The summed E-state index contributed by atoms with van der Waals surface area (Å²) in [4.78, 5) is 22.8. The molecule has 1 aromatic rings. The van der Waals surface area contributed by atoms with Crippen LogP contribution in [0.5, 0.6) is 0 Å². The van der Waals surface area contributed by atoms with Gasteiger partial charge < -0.3 is 15.2 Å². The molecule has 1 atom stereocenters. The van der Waals surface area contributed by atoms with Gasteiger partial charge in [-0.3, -0.25) is 4.79 Å². The summed E-state index contributed by atoms with van der Waals surface area (Å²) in [6.07, 6.45) is 1.90. The summed E-state index contributed by atoms with van der Waals surface area (Å²) in [6.45, 7) is 0.116. The van der Waals surface area contributed by atoms with Crippen LogP contribution in [0.4, 0.5) is 0 Å². The largest absolute Gasteiger partial charge is 0.480 e. The molecule has 0 aromatic heterocycles. The fourth-order valence-electron chi connectivity index (χ4n) is 1.88. The first-order chi connectivity index (χ1) is 10.6. The summed E-state index contributed by atoms with van der Waals surface area (Å²) in [5, 5.41) is 19.9. The number of rotatable bonds is 10. The van der Waals surface area contributed by atoms with Crippen LogP contribution in [0.25, 0.3) is 0 Å². The monoisotopic (exact) mass is 304 g/mol. The Balaban J connectivity index is 2.28. The third kappa shape index (κ3) is 7.41. The van der Waals surface area contributed by atoms with E-state index in [1.165, 1.54) is 0 Å². The Morgan fingerprint density at radius 1 is 1.27 bits per heavy atom. The van der Waals surface area contributed by atoms with Gasteiger partial charge in [-0.05, 0) is 24.8 Å². The molecule has 2 N–H and O–H groups in total. The Hall–Kier alpha value is -2.39. The van der Waals surface area contributed by atoms with E-state index < -0.39 is 17.9 Å². The molecule has 0 unspecified atom stereocenters. The van der Waals surface area contributed by atoms with E-state index in [0.29, 0.717) is 32.3 Å². The third-order valence-electron chi connectivity index (χ3n) is 3.01. The van der Waals surface area contributed by atoms with Crippen molar-refractivity contribution in [3.8, 4) is 6.07 Å². The summed E-state index contributed by atoms with van der Waals surface area (Å²) in [7, 11) is 0. The van der Waals surface area contributed by atoms with Crippen LogP contribution in [0.2, 0.25) is 0 Å². The van der Waals surface area contributed by atoms with Crippen LogP contribution in [-0.2, 0) is 20.9 Å². The van der Waals surface area contributed by atoms with Gasteiger partial charge in [0.05, 0.1) is 12.7 Å². The second-order valence-electron chi connectivity index (χ2n) is 4.84. The minimum Gasteiger partial charge on any atom is -0.480 e. The topological polar surface area (TPSA) is 99.4 Å². The smallest absolute Gasteiger partial charge is 0.326 e. The summed E-state index contributed by atoms with van der Waals surface area (Å²) in [5.74, 6) is -1.53. The molecule has 0 fully saturated rings. The first-order valence-electron chi connectivity index (χ1n) is 7.14. The minimum absolute atomic E-state index is 0.184. The van der Waals surface area contributed by atoms with Crippen LogP contribution in [-0.4, -0.2) is 29.6 Å². The van der Waals surface area contributed by atoms with Crippen molar-refractivity contribution in [3.63, 3.8) is 0 Å². The number of carboxylic acid groups (broad SMARTS) is 1. The Kier molecular flexibility index (Phi) is 8.31. The van der Waals surface area contributed by atoms with Gasteiger partial charge in [0, 0.05) is 6.42 Å². The van der Waals surface area contributed by atoms with Crippen LogP contribution < -0.4 is 5.32 Å². The molecule has 0 aliphatic heterocycles. The van der Waals surface area contributed by atoms with E-state index in [2.05, 4.69) is 5.32 Å². The number of unbranched alkanes of at least 4 members (excludes halogenated alkanes) is 2. The van der Waals surface area contributed by atoms with Gasteiger partial charge in [-0.15, -0.1) is 0 Å². The maximum Gasteiger partial charge on any atom is 0.326 e. The predicted molar refractivity (Wildman–Crippen MR) is 79.7 cm³/mol. The second kappa shape index (κ2) is 10.4. The van der Waals surface area contributed by atoms with Gasteiger partial charge in [-0.25, -0.2) is 4.79 Å². The van der Waals surface area contributed by atoms with Gasteiger partial charge in [0.1, 0.15) is 12.6 Å². The van der Waals surface area contributed by atoms with Gasteiger partial charge in [0.15, 0.2) is 0 Å². The van der Waals surface area contributed by atoms with E-state index in [9.17, 15) is 9.59 Å². The number of benzene rings is 1. The zero-order valence-corrected chi connectivity index (χ0v) is 12.3. The van der Waals surface area contributed by atoms with Crippen molar-refractivity contribution in [2.45, 2.75) is 38.3 Å². The molecule has 0 bridgehead atoms. The number of amides is 1. The fourth-order valence-corrected chi connectivity index (χ4v) is 1.88. The normalized spacial score (nSPS) is 11.4. The molecule has 1 amide bonds. The maximum absolute atomic E-state index is 11.7. The first kappa shape index (κ1) is 17.7. The number of nitrogens with zero attached hydrogens (tertiary/aromatic N) is 1. The number of nitrogens with one attached hydrogen (secondary N) is 1. The van der Waals surface area contributed by atoms with E-state index in [4.69, 9.17) is 15.1 Å². The molecule has 0 saturated heterocycles. The Labute approximate surface area is 129 Å². The molecule has 0 radical (unpaired) electrons. The number of nitriles is 1. The SMILES string of the molecule is N#CCCCC[C@@H](NC(=O)COCc1ccccc1)C(=O)O. The Bertz CT molecular complexity index is 511. The predicted octanol–water partition coefficient (Wildman–Crippen LogP) is 1.86. The second-order valence-corrected chi connectivity index (χ2v) is 4.84. The van der Waals surface area contributed by atoms with Gasteiger partial charge in [-0.2, -0.15) is 5.26 Å². The van der Waals surface area contributed by atoms with Crippen molar-refractivity contribution in [1.29, 1.82) is 5.26 Å². The molecular weight excluding hydrogens is 284 g/mol. The summed E-state index contributed by atoms with van der Waals surface area (Å²) in [5.41, 5.74) is 0.946. The number of hydrogen-bond acceptors (Lipinski definition) is 4. The van der Waals surface area contributed by atoms with Crippen molar-refractivity contribution < 1.29 is 19.4 Å². The lowest BCUT2D eigenvalue weighted by Gasteiger charge is -2.14. The molecule has 1 aromatic carbocycles. The van der Waals surface area contributed by atoms with Gasteiger partial charge in [0.25, 0.3) is 0 Å². The highest BCUT2D eigenvalue weighted by atomic mass is 16.5. The maximum atomic E-state index is 11.7. The van der Waals surface area contributed by atoms with E-state index in [0.717, 1.165) is 5.56 Å². The van der Waals surface area contributed by atoms with Gasteiger partial charge >= 0.3 is 5.97 Å². The van der Waals surface area contributed by atoms with E-state index in [1.54, 1.807) is 0 Å². The summed E-state index contributed by atoms with van der Waals surface area (Å²) < 4.78 is 5.26. The highest BCUT2D eigenvalue weighted by Gasteiger charge is 2.19. The molecule has 0 heterocycles. The van der Waals surface area contributed by atoms with Crippen molar-refractivity contribution in [2.24, 2.45) is 0 Å². The molecule has 6 nitrogen and oxygen atoms in total. The standard InChI is InChI=1S/C16H20N2O4/c17-10-6-2-5-9-14(16(20)21)18-15(19)12-22-11-13-7-3-1-4-8-13/h1,3-4,7-8,14H,2,5-6,9,11-12H2,(H,18,19)(H,20,21)/t14-/m1/s1. The Morgan fingerprint density at radius 3 is 2.64 bits per heavy atom. The molecule has 0 spiro atoms. The van der Waals surface area contributed by atoms with Crippen LogP contribution in [0.1, 0.15) is 31.2 Å². The van der Waals surface area contributed by atoms with Crippen molar-refractivity contribution >= 4 is 11.9 Å². The van der Waals surface area contributed by atoms with Crippen molar-refractivity contribution in [2.75, 3.05) is 6.61 Å². The highest BCUT2D eigenvalue weighted by Crippen LogP contribution is 2.04. The summed E-state index contributed by atoms with van der Waals surface area (Å²) in [6, 6.07) is 10.5. The quantitative estimate of drug-likeness (QED) is 0.643. The van der Waals surface area contributed by atoms with Crippen molar-refractivity contribution in [1.82, 2.24) is 5.32 Å². The first-order valence-corrected chi connectivity index (χ1v) is 7.14. The molecule has 0 aliphatic carbocycles. The fraction of sp³-hybridized carbons (Fsp3) is 0.438. The van der Waals surface area contributed by atoms with Gasteiger partial charge in [-0.1, -0.05) is 30.3 Å². The number of aliphatic carboxylic acids is 1. The zero-order chi connectivity index (χ0) is 16.2. The molecule has 0 saturated carbocycles. The molecule has 1 rings (SSSR count). The number of carbonyl (C=O) groups is 2. The Morgan fingerprint density at radius 2 is 2.00 bits per heavy atom. The van der Waals surface area contributed by atoms with Gasteiger partial charge in [0.2, 0.25) is 5.91 Å². The van der Waals surface area contributed by atoms with Crippen LogP contribution >= 0.6 is 0 Å². The lowest BCUT2D eigenvalue weighted by molar-refractivity contribution is -0.142. The van der Waals surface area contributed by atoms with E-state index >= 15 is 0 Å². The number of ether oxygens (including phenoxy) is 1. The molecular formula is C16H20N2O4. The lowest BCUT2D eigenvalue weighted by Crippen LogP contribution is -2.42. The highest BCUT2D eigenvalue weighted by molar-refractivity contribution is 5.84. The zero-order valence-electron chi connectivity index (χ0n) is 12.3.